The topological polar surface area (TPSA) is 20.2 Å². The third kappa shape index (κ3) is 2.59. The molecule has 0 bridgehead atoms. The summed E-state index contributed by atoms with van der Waals surface area (Å²) in [6.45, 7) is 9.85. The number of fused-ring (bicyclic) bond motifs is 5. The predicted octanol–water partition coefficient (Wildman–Crippen LogP) is 6.28. The Kier molecular flexibility index (Phi) is 4.46. The number of aliphatic hydroxyl groups excluding tert-OH is 1. The molecule has 4 aliphatic carbocycles. The van der Waals surface area contributed by atoms with Crippen molar-refractivity contribution in [2.45, 2.75) is 91.6 Å². The number of allylic oxidation sites excluding steroid dienone is 3. The first-order valence-electron chi connectivity index (χ1n) is 10.9. The lowest BCUT2D eigenvalue weighted by molar-refractivity contribution is -0.0454. The van der Waals surface area contributed by atoms with Gasteiger partial charge < -0.3 is 5.11 Å². The summed E-state index contributed by atoms with van der Waals surface area (Å²) in [7, 11) is 0. The third-order valence-corrected chi connectivity index (χ3v) is 9.15. The number of aliphatic hydroxyl groups is 1. The Balaban J connectivity index is 1.63. The standard InChI is InChI=1S/C24H38O/c1-5-6-16(2)20-9-10-21-19-8-7-17-15-18(25)11-13-23(17,3)22(19)12-14-24(20,21)4/h6-7,18-22,25H,5,8-15H2,1-4H3/t18?,19?,20?,21?,22?,23-,24+/m0/s1. The molecule has 7 atom stereocenters. The summed E-state index contributed by atoms with van der Waals surface area (Å²) in [5, 5.41) is 10.1. The van der Waals surface area contributed by atoms with Crippen LogP contribution in [0.15, 0.2) is 23.3 Å². The van der Waals surface area contributed by atoms with Gasteiger partial charge in [-0.15, -0.1) is 0 Å². The van der Waals surface area contributed by atoms with Crippen molar-refractivity contribution in [3.63, 3.8) is 0 Å². The van der Waals surface area contributed by atoms with Crippen molar-refractivity contribution in [2.24, 2.45) is 34.5 Å². The first-order chi connectivity index (χ1) is 11.9. The molecular weight excluding hydrogens is 304 g/mol. The van der Waals surface area contributed by atoms with Crippen molar-refractivity contribution < 1.29 is 5.11 Å². The minimum absolute atomic E-state index is 0.0811. The predicted molar refractivity (Wildman–Crippen MR) is 105 cm³/mol. The van der Waals surface area contributed by atoms with Gasteiger partial charge in [0.15, 0.2) is 0 Å². The van der Waals surface area contributed by atoms with Crippen LogP contribution in [0.2, 0.25) is 0 Å². The van der Waals surface area contributed by atoms with Gasteiger partial charge >= 0.3 is 0 Å². The van der Waals surface area contributed by atoms with Crippen LogP contribution < -0.4 is 0 Å². The van der Waals surface area contributed by atoms with Gasteiger partial charge in [0, 0.05) is 0 Å². The Morgan fingerprint density at radius 3 is 2.72 bits per heavy atom. The average Bonchev–Trinajstić information content (AvgIpc) is 2.93. The van der Waals surface area contributed by atoms with Crippen LogP contribution in [0.1, 0.15) is 85.5 Å². The lowest BCUT2D eigenvalue weighted by Gasteiger charge is -2.58. The van der Waals surface area contributed by atoms with E-state index >= 15 is 0 Å². The van der Waals surface area contributed by atoms with E-state index in [0.29, 0.717) is 10.8 Å². The summed E-state index contributed by atoms with van der Waals surface area (Å²) in [4.78, 5) is 0. The minimum Gasteiger partial charge on any atom is -0.393 e. The fourth-order valence-electron chi connectivity index (χ4n) is 7.85. The molecule has 4 rings (SSSR count). The van der Waals surface area contributed by atoms with Crippen molar-refractivity contribution >= 4 is 0 Å². The summed E-state index contributed by atoms with van der Waals surface area (Å²) < 4.78 is 0. The monoisotopic (exact) mass is 342 g/mol. The van der Waals surface area contributed by atoms with E-state index < -0.39 is 0 Å². The first kappa shape index (κ1) is 17.8. The van der Waals surface area contributed by atoms with Crippen LogP contribution >= 0.6 is 0 Å². The van der Waals surface area contributed by atoms with E-state index in [-0.39, 0.29) is 6.10 Å². The summed E-state index contributed by atoms with van der Waals surface area (Å²) in [6, 6.07) is 0. The zero-order valence-corrected chi connectivity index (χ0v) is 16.9. The molecule has 0 heterocycles. The first-order valence-corrected chi connectivity index (χ1v) is 10.9. The maximum Gasteiger partial charge on any atom is 0.0577 e. The fraction of sp³-hybridized carbons (Fsp3) is 0.833. The molecule has 4 aliphatic rings. The second-order valence-electron chi connectivity index (χ2n) is 10.2. The van der Waals surface area contributed by atoms with Gasteiger partial charge in [-0.05, 0) is 99.2 Å². The van der Waals surface area contributed by atoms with Crippen molar-refractivity contribution in [3.05, 3.63) is 23.3 Å². The van der Waals surface area contributed by atoms with Gasteiger partial charge in [0.2, 0.25) is 0 Å². The molecule has 0 aromatic rings. The molecule has 140 valence electrons. The van der Waals surface area contributed by atoms with Crippen LogP contribution in [0.4, 0.5) is 0 Å². The molecule has 1 nitrogen and oxygen atoms in total. The van der Waals surface area contributed by atoms with E-state index in [0.717, 1.165) is 36.5 Å². The van der Waals surface area contributed by atoms with Crippen LogP contribution in [-0.4, -0.2) is 11.2 Å². The highest BCUT2D eigenvalue weighted by Gasteiger charge is 2.58. The third-order valence-electron chi connectivity index (χ3n) is 9.15. The second kappa shape index (κ2) is 6.25. The van der Waals surface area contributed by atoms with Gasteiger partial charge in [0.25, 0.3) is 0 Å². The molecule has 25 heavy (non-hydrogen) atoms. The van der Waals surface area contributed by atoms with Gasteiger partial charge in [-0.2, -0.15) is 0 Å². The van der Waals surface area contributed by atoms with Gasteiger partial charge in [-0.25, -0.2) is 0 Å². The second-order valence-corrected chi connectivity index (χ2v) is 10.2. The number of rotatable bonds is 2. The molecule has 3 saturated carbocycles. The van der Waals surface area contributed by atoms with E-state index in [4.69, 9.17) is 0 Å². The smallest absolute Gasteiger partial charge is 0.0577 e. The maximum atomic E-state index is 10.1. The Hall–Kier alpha value is -0.560. The molecule has 5 unspecified atom stereocenters. The molecule has 0 radical (unpaired) electrons. The molecular formula is C24H38O. The van der Waals surface area contributed by atoms with E-state index in [1.165, 1.54) is 44.9 Å². The number of hydrogen-bond donors (Lipinski definition) is 1. The Labute approximate surface area is 155 Å². The van der Waals surface area contributed by atoms with Crippen LogP contribution in [0.25, 0.3) is 0 Å². The SMILES string of the molecule is CCC=C(C)C1CCC2C3CC=C4CC(O)CC[C@]4(C)C3CC[C@]12C. The molecule has 0 aromatic carbocycles. The summed E-state index contributed by atoms with van der Waals surface area (Å²) in [5.41, 5.74) is 4.19. The summed E-state index contributed by atoms with van der Waals surface area (Å²) in [6.07, 6.45) is 16.3. The van der Waals surface area contributed by atoms with Crippen molar-refractivity contribution in [2.75, 3.05) is 0 Å². The highest BCUT2D eigenvalue weighted by atomic mass is 16.3. The Morgan fingerprint density at radius 1 is 1.16 bits per heavy atom. The van der Waals surface area contributed by atoms with Gasteiger partial charge in [-0.1, -0.05) is 44.1 Å². The van der Waals surface area contributed by atoms with Crippen LogP contribution in [-0.2, 0) is 0 Å². The lowest BCUT2D eigenvalue weighted by Crippen LogP contribution is -2.50. The highest BCUT2D eigenvalue weighted by molar-refractivity contribution is 5.26. The van der Waals surface area contributed by atoms with E-state index in [1.54, 1.807) is 11.1 Å². The van der Waals surface area contributed by atoms with Gasteiger partial charge in [0.05, 0.1) is 6.10 Å². The molecule has 0 spiro atoms. The highest BCUT2D eigenvalue weighted by Crippen LogP contribution is 2.67. The molecule has 0 saturated heterocycles. The van der Waals surface area contributed by atoms with Crippen molar-refractivity contribution in [1.29, 1.82) is 0 Å². The van der Waals surface area contributed by atoms with Gasteiger partial charge in [-0.3, -0.25) is 0 Å². The molecule has 0 amide bonds. The molecule has 1 heteroatoms. The molecule has 0 aromatic heterocycles. The Morgan fingerprint density at radius 2 is 1.96 bits per heavy atom. The summed E-state index contributed by atoms with van der Waals surface area (Å²) >= 11 is 0. The number of hydrogen-bond acceptors (Lipinski definition) is 1. The lowest BCUT2D eigenvalue weighted by atomic mass is 9.47. The quantitative estimate of drug-likeness (QED) is 0.585. The fourth-order valence-corrected chi connectivity index (χ4v) is 7.85. The largest absolute Gasteiger partial charge is 0.393 e. The van der Waals surface area contributed by atoms with E-state index in [9.17, 15) is 5.11 Å². The zero-order valence-electron chi connectivity index (χ0n) is 16.9. The van der Waals surface area contributed by atoms with E-state index in [1.807, 2.05) is 0 Å². The average molecular weight is 343 g/mol. The van der Waals surface area contributed by atoms with E-state index in [2.05, 4.69) is 39.8 Å². The Bertz CT molecular complexity index is 587. The molecule has 3 fully saturated rings. The van der Waals surface area contributed by atoms with Gasteiger partial charge in [0.1, 0.15) is 0 Å². The zero-order chi connectivity index (χ0) is 17.8. The minimum atomic E-state index is -0.0811. The van der Waals surface area contributed by atoms with Crippen LogP contribution in [0, 0.1) is 34.5 Å². The maximum absolute atomic E-state index is 10.1. The normalized spacial score (nSPS) is 49.9. The summed E-state index contributed by atoms with van der Waals surface area (Å²) in [5.74, 6) is 3.50. The molecule has 1 N–H and O–H groups in total. The van der Waals surface area contributed by atoms with Crippen LogP contribution in [0.5, 0.6) is 0 Å². The molecule has 0 aliphatic heterocycles. The van der Waals surface area contributed by atoms with Crippen molar-refractivity contribution in [1.82, 2.24) is 0 Å². The van der Waals surface area contributed by atoms with Crippen LogP contribution in [0.3, 0.4) is 0 Å². The van der Waals surface area contributed by atoms with Crippen molar-refractivity contribution in [3.8, 4) is 0 Å².